The lowest BCUT2D eigenvalue weighted by atomic mass is 10.2. The molecule has 0 spiro atoms. The van der Waals surface area contributed by atoms with Gasteiger partial charge in [-0.05, 0) is 32.1 Å². The van der Waals surface area contributed by atoms with Gasteiger partial charge in [-0.2, -0.15) is 0 Å². The number of guanidine groups is 1. The van der Waals surface area contributed by atoms with Crippen LogP contribution in [0.5, 0.6) is 0 Å². The molecular formula is C15H32IN3O2. The fourth-order valence-electron chi connectivity index (χ4n) is 2.17. The first kappa shape index (κ1) is 20.9. The van der Waals surface area contributed by atoms with Crippen molar-refractivity contribution in [2.75, 3.05) is 40.0 Å². The van der Waals surface area contributed by atoms with Gasteiger partial charge in [-0.25, -0.2) is 0 Å². The molecule has 1 aliphatic rings. The molecule has 0 aromatic carbocycles. The topological polar surface area (TPSA) is 54.9 Å². The molecule has 0 aromatic heterocycles. The van der Waals surface area contributed by atoms with Gasteiger partial charge in [0.05, 0.1) is 6.10 Å². The molecule has 0 aromatic rings. The summed E-state index contributed by atoms with van der Waals surface area (Å²) in [6.45, 7) is 6.61. The average molecular weight is 413 g/mol. The van der Waals surface area contributed by atoms with Crippen molar-refractivity contribution >= 4 is 29.9 Å². The van der Waals surface area contributed by atoms with Gasteiger partial charge in [0.2, 0.25) is 0 Å². The minimum atomic E-state index is 0. The van der Waals surface area contributed by atoms with Crippen LogP contribution in [0.25, 0.3) is 0 Å². The lowest BCUT2D eigenvalue weighted by Crippen LogP contribution is -2.39. The minimum Gasteiger partial charge on any atom is -0.381 e. The van der Waals surface area contributed by atoms with Gasteiger partial charge in [0.1, 0.15) is 0 Å². The predicted molar refractivity (Wildman–Crippen MR) is 98.7 cm³/mol. The van der Waals surface area contributed by atoms with E-state index in [-0.39, 0.29) is 24.0 Å². The van der Waals surface area contributed by atoms with Crippen molar-refractivity contribution in [3.63, 3.8) is 0 Å². The second-order valence-electron chi connectivity index (χ2n) is 5.17. The van der Waals surface area contributed by atoms with Gasteiger partial charge in [-0.1, -0.05) is 13.3 Å². The van der Waals surface area contributed by atoms with Crippen molar-refractivity contribution in [2.24, 2.45) is 4.99 Å². The highest BCUT2D eigenvalue weighted by Crippen LogP contribution is 2.14. The van der Waals surface area contributed by atoms with E-state index >= 15 is 0 Å². The number of aliphatic imine (C=N–C) groups is 1. The summed E-state index contributed by atoms with van der Waals surface area (Å²) in [7, 11) is 1.80. The zero-order valence-corrected chi connectivity index (χ0v) is 15.9. The number of rotatable bonds is 10. The van der Waals surface area contributed by atoms with Crippen molar-refractivity contribution < 1.29 is 9.47 Å². The molecule has 1 aliphatic heterocycles. The zero-order chi connectivity index (χ0) is 14.5. The Kier molecular flexibility index (Phi) is 14.8. The molecule has 0 aliphatic carbocycles. The van der Waals surface area contributed by atoms with Gasteiger partial charge in [0.25, 0.3) is 0 Å². The number of unbranched alkanes of at least 4 members (excludes halogenated alkanes) is 1. The number of nitrogens with zero attached hydrogens (tertiary/aromatic N) is 1. The van der Waals surface area contributed by atoms with Gasteiger partial charge in [0.15, 0.2) is 5.96 Å². The van der Waals surface area contributed by atoms with Crippen LogP contribution < -0.4 is 10.6 Å². The first-order valence-corrected chi connectivity index (χ1v) is 8.00. The predicted octanol–water partition coefficient (Wildman–Crippen LogP) is 2.55. The number of halogens is 1. The van der Waals surface area contributed by atoms with E-state index in [4.69, 9.17) is 9.47 Å². The summed E-state index contributed by atoms with van der Waals surface area (Å²) in [6, 6.07) is 0. The third-order valence-corrected chi connectivity index (χ3v) is 3.41. The Morgan fingerprint density at radius 2 is 2.00 bits per heavy atom. The lowest BCUT2D eigenvalue weighted by Gasteiger charge is -2.14. The summed E-state index contributed by atoms with van der Waals surface area (Å²) in [5, 5.41) is 6.63. The summed E-state index contributed by atoms with van der Waals surface area (Å²) in [4.78, 5) is 4.21. The van der Waals surface area contributed by atoms with Gasteiger partial charge in [-0.3, -0.25) is 4.99 Å². The van der Waals surface area contributed by atoms with E-state index in [9.17, 15) is 0 Å². The second-order valence-corrected chi connectivity index (χ2v) is 5.17. The van der Waals surface area contributed by atoms with Crippen LogP contribution in [0.2, 0.25) is 0 Å². The van der Waals surface area contributed by atoms with Crippen molar-refractivity contribution in [3.05, 3.63) is 0 Å². The number of ether oxygens (including phenoxy) is 2. The first-order valence-electron chi connectivity index (χ1n) is 8.00. The molecule has 1 atom stereocenters. The highest BCUT2D eigenvalue weighted by molar-refractivity contribution is 14.0. The third kappa shape index (κ3) is 11.2. The molecule has 1 rings (SSSR count). The van der Waals surface area contributed by atoms with Gasteiger partial charge in [-0.15, -0.1) is 24.0 Å². The molecule has 2 N–H and O–H groups in total. The van der Waals surface area contributed by atoms with Gasteiger partial charge < -0.3 is 20.1 Å². The van der Waals surface area contributed by atoms with E-state index in [1.54, 1.807) is 7.05 Å². The lowest BCUT2D eigenvalue weighted by molar-refractivity contribution is 0.105. The molecule has 6 heteroatoms. The van der Waals surface area contributed by atoms with E-state index in [0.717, 1.165) is 58.1 Å². The van der Waals surface area contributed by atoms with Crippen LogP contribution >= 0.6 is 24.0 Å². The Morgan fingerprint density at radius 1 is 1.24 bits per heavy atom. The Balaban J connectivity index is 0.00000400. The maximum atomic E-state index is 5.60. The molecule has 0 saturated carbocycles. The summed E-state index contributed by atoms with van der Waals surface area (Å²) in [5.41, 5.74) is 0. The van der Waals surface area contributed by atoms with Crippen LogP contribution in [0.4, 0.5) is 0 Å². The third-order valence-electron chi connectivity index (χ3n) is 3.41. The number of hydrogen-bond acceptors (Lipinski definition) is 3. The maximum absolute atomic E-state index is 5.60. The standard InChI is InChI=1S/C15H31N3O2.HI/c1-3-4-11-19-12-6-9-17-15(16-2)18-10-8-14-7-5-13-20-14;/h14H,3-13H2,1-2H3,(H2,16,17,18);1H. The summed E-state index contributed by atoms with van der Waals surface area (Å²) >= 11 is 0. The van der Waals surface area contributed by atoms with E-state index in [2.05, 4.69) is 22.5 Å². The molecule has 126 valence electrons. The van der Waals surface area contributed by atoms with Crippen molar-refractivity contribution in [1.82, 2.24) is 10.6 Å². The number of nitrogens with one attached hydrogen (secondary N) is 2. The van der Waals surface area contributed by atoms with Crippen molar-refractivity contribution in [1.29, 1.82) is 0 Å². The van der Waals surface area contributed by atoms with E-state index in [1.165, 1.54) is 19.3 Å². The molecule has 0 bridgehead atoms. The van der Waals surface area contributed by atoms with Crippen LogP contribution in [-0.4, -0.2) is 52.0 Å². The molecule has 0 radical (unpaired) electrons. The Hall–Kier alpha value is -0.0800. The van der Waals surface area contributed by atoms with Crippen LogP contribution in [0.15, 0.2) is 4.99 Å². The summed E-state index contributed by atoms with van der Waals surface area (Å²) < 4.78 is 11.1. The minimum absolute atomic E-state index is 0. The van der Waals surface area contributed by atoms with Crippen molar-refractivity contribution in [2.45, 2.75) is 51.6 Å². The first-order chi connectivity index (χ1) is 9.86. The fourth-order valence-corrected chi connectivity index (χ4v) is 2.17. The molecule has 1 saturated heterocycles. The fraction of sp³-hybridized carbons (Fsp3) is 0.933. The Labute approximate surface area is 146 Å². The number of hydrogen-bond donors (Lipinski definition) is 2. The molecule has 0 amide bonds. The smallest absolute Gasteiger partial charge is 0.190 e. The van der Waals surface area contributed by atoms with Crippen LogP contribution in [0.3, 0.4) is 0 Å². The molecule has 5 nitrogen and oxygen atoms in total. The second kappa shape index (κ2) is 14.8. The van der Waals surface area contributed by atoms with E-state index in [1.807, 2.05) is 0 Å². The van der Waals surface area contributed by atoms with Crippen molar-refractivity contribution in [3.8, 4) is 0 Å². The quantitative estimate of drug-likeness (QED) is 0.250. The highest BCUT2D eigenvalue weighted by Gasteiger charge is 2.14. The van der Waals surface area contributed by atoms with Crippen LogP contribution in [0, 0.1) is 0 Å². The van der Waals surface area contributed by atoms with Crippen LogP contribution in [-0.2, 0) is 9.47 Å². The van der Waals surface area contributed by atoms with E-state index in [0.29, 0.717) is 6.10 Å². The van der Waals surface area contributed by atoms with Crippen LogP contribution in [0.1, 0.15) is 45.4 Å². The summed E-state index contributed by atoms with van der Waals surface area (Å²) in [6.07, 6.45) is 7.25. The molecule has 1 heterocycles. The monoisotopic (exact) mass is 413 g/mol. The van der Waals surface area contributed by atoms with E-state index < -0.39 is 0 Å². The Bertz CT molecular complexity index is 259. The zero-order valence-electron chi connectivity index (χ0n) is 13.5. The normalized spacial score (nSPS) is 18.4. The van der Waals surface area contributed by atoms with Gasteiger partial charge in [0, 0.05) is 40.0 Å². The Morgan fingerprint density at radius 3 is 2.67 bits per heavy atom. The average Bonchev–Trinajstić information content (AvgIpc) is 2.97. The molecule has 21 heavy (non-hydrogen) atoms. The molecule has 1 unspecified atom stereocenters. The molecule has 1 fully saturated rings. The largest absolute Gasteiger partial charge is 0.381 e. The molecular weight excluding hydrogens is 381 g/mol. The maximum Gasteiger partial charge on any atom is 0.190 e. The van der Waals surface area contributed by atoms with Gasteiger partial charge >= 0.3 is 0 Å². The highest BCUT2D eigenvalue weighted by atomic mass is 127. The summed E-state index contributed by atoms with van der Waals surface area (Å²) in [5.74, 6) is 0.872. The SMILES string of the molecule is CCCCOCCCNC(=NC)NCCC1CCCO1.I.